The highest BCUT2D eigenvalue weighted by Crippen LogP contribution is 2.27. The van der Waals surface area contributed by atoms with E-state index < -0.39 is 10.0 Å². The molecule has 1 heterocycles. The molecule has 1 aliphatic heterocycles. The van der Waals surface area contributed by atoms with Crippen molar-refractivity contribution in [2.75, 3.05) is 13.1 Å². The Bertz CT molecular complexity index is 241. The molecule has 0 unspecified atom stereocenters. The summed E-state index contributed by atoms with van der Waals surface area (Å²) < 4.78 is 25.2. The quantitative estimate of drug-likeness (QED) is 0.582. The zero-order chi connectivity index (χ0) is 7.90. The molecule has 2 rings (SSSR count). The summed E-state index contributed by atoms with van der Waals surface area (Å²) >= 11 is 0. The van der Waals surface area contributed by atoms with Gasteiger partial charge < -0.3 is 5.32 Å². The molecule has 0 aromatic heterocycles. The fraction of sp³-hybridized carbons (Fsp3) is 1.00. The average Bonchev–Trinajstić information content (AvgIpc) is 2.58. The third-order valence-corrected chi connectivity index (χ3v) is 4.09. The van der Waals surface area contributed by atoms with Crippen molar-refractivity contribution in [3.63, 3.8) is 0 Å². The van der Waals surface area contributed by atoms with Crippen molar-refractivity contribution < 1.29 is 8.42 Å². The molecule has 64 valence electrons. The smallest absolute Gasteiger partial charge is 0.214 e. The molecule has 0 bridgehead atoms. The Kier molecular flexibility index (Phi) is 1.66. The molecule has 0 radical (unpaired) electrons. The lowest BCUT2D eigenvalue weighted by atomic mass is 10.2. The van der Waals surface area contributed by atoms with Crippen molar-refractivity contribution in [3.8, 4) is 0 Å². The van der Waals surface area contributed by atoms with E-state index in [1.807, 2.05) is 0 Å². The van der Waals surface area contributed by atoms with Gasteiger partial charge >= 0.3 is 0 Å². The van der Waals surface area contributed by atoms with Crippen LogP contribution in [-0.4, -0.2) is 32.8 Å². The Labute approximate surface area is 66.4 Å². The lowest BCUT2D eigenvalue weighted by Crippen LogP contribution is -2.57. The van der Waals surface area contributed by atoms with Crippen molar-refractivity contribution in [3.05, 3.63) is 0 Å². The highest BCUT2D eigenvalue weighted by molar-refractivity contribution is 7.90. The Morgan fingerprint density at radius 3 is 2.27 bits per heavy atom. The van der Waals surface area contributed by atoms with Crippen LogP contribution in [-0.2, 0) is 10.0 Å². The summed E-state index contributed by atoms with van der Waals surface area (Å²) in [6, 6.07) is 0.153. The Hall–Kier alpha value is -0.130. The summed E-state index contributed by atoms with van der Waals surface area (Å²) in [6.07, 6.45) is 1.69. The molecule has 0 aromatic rings. The minimum absolute atomic E-state index is 0.0805. The molecule has 2 N–H and O–H groups in total. The number of hydrogen-bond acceptors (Lipinski definition) is 3. The van der Waals surface area contributed by atoms with Crippen molar-refractivity contribution in [2.45, 2.75) is 24.1 Å². The molecule has 2 fully saturated rings. The van der Waals surface area contributed by atoms with E-state index >= 15 is 0 Å². The molecule has 1 saturated carbocycles. The fourth-order valence-electron chi connectivity index (χ4n) is 1.08. The van der Waals surface area contributed by atoms with Gasteiger partial charge in [0, 0.05) is 19.1 Å². The molecular formula is C6H12N2O2S. The highest BCUT2D eigenvalue weighted by atomic mass is 32.2. The van der Waals surface area contributed by atoms with Crippen LogP contribution in [0.15, 0.2) is 0 Å². The first-order chi connectivity index (χ1) is 5.18. The van der Waals surface area contributed by atoms with E-state index in [4.69, 9.17) is 0 Å². The third-order valence-electron chi connectivity index (χ3n) is 2.08. The maximum absolute atomic E-state index is 11.3. The summed E-state index contributed by atoms with van der Waals surface area (Å²) in [4.78, 5) is 0. The molecule has 4 nitrogen and oxygen atoms in total. The molecule has 1 saturated heterocycles. The van der Waals surface area contributed by atoms with E-state index in [0.717, 1.165) is 25.9 Å². The van der Waals surface area contributed by atoms with Crippen molar-refractivity contribution >= 4 is 10.0 Å². The van der Waals surface area contributed by atoms with Gasteiger partial charge in [-0.25, -0.2) is 13.1 Å². The van der Waals surface area contributed by atoms with Crippen LogP contribution in [0.1, 0.15) is 12.8 Å². The summed E-state index contributed by atoms with van der Waals surface area (Å²) in [7, 11) is -2.94. The van der Waals surface area contributed by atoms with Gasteiger partial charge in [0.1, 0.15) is 0 Å². The second kappa shape index (κ2) is 2.43. The van der Waals surface area contributed by atoms with Gasteiger partial charge in [0.25, 0.3) is 0 Å². The first kappa shape index (κ1) is 7.52. The molecule has 0 atom stereocenters. The molecule has 2 aliphatic rings. The van der Waals surface area contributed by atoms with E-state index in [1.54, 1.807) is 0 Å². The van der Waals surface area contributed by atoms with Gasteiger partial charge in [0.15, 0.2) is 0 Å². The lowest BCUT2D eigenvalue weighted by molar-refractivity contribution is 0.410. The molecule has 0 amide bonds. The van der Waals surface area contributed by atoms with Crippen molar-refractivity contribution in [1.29, 1.82) is 0 Å². The Morgan fingerprint density at radius 1 is 1.27 bits per heavy atom. The maximum atomic E-state index is 11.3. The first-order valence-electron chi connectivity index (χ1n) is 3.90. The van der Waals surface area contributed by atoms with E-state index in [0.29, 0.717) is 0 Å². The van der Waals surface area contributed by atoms with Gasteiger partial charge in [0.2, 0.25) is 10.0 Å². The van der Waals surface area contributed by atoms with Crippen LogP contribution < -0.4 is 10.0 Å². The fourth-order valence-corrected chi connectivity index (χ4v) is 2.66. The summed E-state index contributed by atoms with van der Waals surface area (Å²) in [6.45, 7) is 1.57. The monoisotopic (exact) mass is 176 g/mol. The molecule has 1 aliphatic carbocycles. The topological polar surface area (TPSA) is 58.2 Å². The molecular weight excluding hydrogens is 164 g/mol. The summed E-state index contributed by atoms with van der Waals surface area (Å²) in [5.74, 6) is 0. The minimum Gasteiger partial charge on any atom is -0.313 e. The minimum atomic E-state index is -2.94. The SMILES string of the molecule is O=S(=O)(NC1CNC1)C1CC1. The molecule has 11 heavy (non-hydrogen) atoms. The number of rotatable bonds is 3. The second-order valence-corrected chi connectivity index (χ2v) is 5.21. The van der Waals surface area contributed by atoms with Gasteiger partial charge in [-0.2, -0.15) is 0 Å². The van der Waals surface area contributed by atoms with Gasteiger partial charge in [-0.05, 0) is 12.8 Å². The maximum Gasteiger partial charge on any atom is 0.214 e. The molecule has 0 aromatic carbocycles. The van der Waals surface area contributed by atoms with Crippen LogP contribution in [0.25, 0.3) is 0 Å². The lowest BCUT2D eigenvalue weighted by Gasteiger charge is -2.27. The van der Waals surface area contributed by atoms with Crippen LogP contribution >= 0.6 is 0 Å². The first-order valence-corrected chi connectivity index (χ1v) is 5.45. The Morgan fingerprint density at radius 2 is 1.91 bits per heavy atom. The molecule has 5 heteroatoms. The van der Waals surface area contributed by atoms with E-state index in [1.165, 1.54) is 0 Å². The van der Waals surface area contributed by atoms with Crippen molar-refractivity contribution in [1.82, 2.24) is 10.0 Å². The van der Waals surface area contributed by atoms with Gasteiger partial charge in [0.05, 0.1) is 5.25 Å². The van der Waals surface area contributed by atoms with Gasteiger partial charge in [-0.15, -0.1) is 0 Å². The van der Waals surface area contributed by atoms with E-state index in [-0.39, 0.29) is 11.3 Å². The van der Waals surface area contributed by atoms with Crippen LogP contribution in [0.4, 0.5) is 0 Å². The Balaban J connectivity index is 1.92. The van der Waals surface area contributed by atoms with Gasteiger partial charge in [-0.1, -0.05) is 0 Å². The number of sulfonamides is 1. The van der Waals surface area contributed by atoms with Crippen LogP contribution in [0.3, 0.4) is 0 Å². The normalized spacial score (nSPS) is 26.5. The average molecular weight is 176 g/mol. The van der Waals surface area contributed by atoms with Crippen LogP contribution in [0, 0.1) is 0 Å². The third kappa shape index (κ3) is 1.55. The van der Waals surface area contributed by atoms with Gasteiger partial charge in [-0.3, -0.25) is 0 Å². The predicted octanol–water partition coefficient (Wildman–Crippen LogP) is -0.960. The summed E-state index contributed by atoms with van der Waals surface area (Å²) in [5.41, 5.74) is 0. The molecule has 0 spiro atoms. The van der Waals surface area contributed by atoms with E-state index in [2.05, 4.69) is 10.0 Å². The highest BCUT2D eigenvalue weighted by Gasteiger charge is 2.37. The zero-order valence-electron chi connectivity index (χ0n) is 6.21. The summed E-state index contributed by atoms with van der Waals surface area (Å²) in [5, 5.41) is 2.94. The van der Waals surface area contributed by atoms with Crippen molar-refractivity contribution in [2.24, 2.45) is 0 Å². The number of nitrogens with one attached hydrogen (secondary N) is 2. The predicted molar refractivity (Wildman–Crippen MR) is 41.7 cm³/mol. The van der Waals surface area contributed by atoms with Crippen LogP contribution in [0.5, 0.6) is 0 Å². The zero-order valence-corrected chi connectivity index (χ0v) is 7.02. The second-order valence-electron chi connectivity index (χ2n) is 3.22. The standard InChI is InChI=1S/C6H12N2O2S/c9-11(10,6-1-2-6)8-5-3-7-4-5/h5-8H,1-4H2. The van der Waals surface area contributed by atoms with Crippen LogP contribution in [0.2, 0.25) is 0 Å². The number of hydrogen-bond donors (Lipinski definition) is 2. The van der Waals surface area contributed by atoms with E-state index in [9.17, 15) is 8.42 Å². The largest absolute Gasteiger partial charge is 0.313 e.